The standard InChI is InChI=1S/C6H13O2/c1-3-7-5-6-8-4-2/h1,3-6H2,2H3. The molecule has 0 aromatic carbocycles. The fourth-order valence-electron chi connectivity index (χ4n) is 0.364. The van der Waals surface area contributed by atoms with Crippen LogP contribution in [0.15, 0.2) is 0 Å². The molecule has 1 radical (unpaired) electrons. The van der Waals surface area contributed by atoms with E-state index in [1.165, 1.54) is 0 Å². The van der Waals surface area contributed by atoms with Gasteiger partial charge in [-0.15, -0.1) is 0 Å². The van der Waals surface area contributed by atoms with Gasteiger partial charge in [0.1, 0.15) is 0 Å². The third-order valence-corrected chi connectivity index (χ3v) is 0.720. The molecule has 0 rings (SSSR count). The van der Waals surface area contributed by atoms with Crippen LogP contribution in [0, 0.1) is 6.92 Å². The van der Waals surface area contributed by atoms with Gasteiger partial charge in [-0.1, -0.05) is 0 Å². The lowest BCUT2D eigenvalue weighted by molar-refractivity contribution is 0.0638. The first kappa shape index (κ1) is 7.92. The molecule has 2 nitrogen and oxygen atoms in total. The van der Waals surface area contributed by atoms with E-state index in [2.05, 4.69) is 6.92 Å². The van der Waals surface area contributed by atoms with Crippen molar-refractivity contribution in [3.05, 3.63) is 6.92 Å². The molecule has 0 aromatic heterocycles. The van der Waals surface area contributed by atoms with E-state index in [1.54, 1.807) is 0 Å². The lowest BCUT2D eigenvalue weighted by atomic mass is 10.7. The lowest BCUT2D eigenvalue weighted by Crippen LogP contribution is -2.02. The van der Waals surface area contributed by atoms with E-state index in [0.29, 0.717) is 19.8 Å². The van der Waals surface area contributed by atoms with E-state index in [0.717, 1.165) is 6.61 Å². The zero-order valence-corrected chi connectivity index (χ0v) is 5.35. The van der Waals surface area contributed by atoms with Gasteiger partial charge in [0.05, 0.1) is 13.2 Å². The number of rotatable bonds is 5. The average Bonchev–Trinajstić information content (AvgIpc) is 1.81. The molecule has 0 fully saturated rings. The van der Waals surface area contributed by atoms with Gasteiger partial charge in [-0.3, -0.25) is 0 Å². The van der Waals surface area contributed by atoms with Crippen molar-refractivity contribution in [1.29, 1.82) is 0 Å². The maximum absolute atomic E-state index is 4.98. The summed E-state index contributed by atoms with van der Waals surface area (Å²) in [6, 6.07) is 0. The Balaban J connectivity index is 2.53. The van der Waals surface area contributed by atoms with Gasteiger partial charge in [-0.25, -0.2) is 0 Å². The molecule has 0 aliphatic carbocycles. The summed E-state index contributed by atoms with van der Waals surface area (Å²) in [4.78, 5) is 0. The summed E-state index contributed by atoms with van der Waals surface area (Å²) in [5.74, 6) is 0. The summed E-state index contributed by atoms with van der Waals surface area (Å²) < 4.78 is 9.88. The fourth-order valence-corrected chi connectivity index (χ4v) is 0.364. The Bertz CT molecular complexity index is 31.5. The van der Waals surface area contributed by atoms with Crippen LogP contribution in [-0.4, -0.2) is 26.4 Å². The number of hydrogen-bond donors (Lipinski definition) is 0. The number of ether oxygens (including phenoxy) is 2. The van der Waals surface area contributed by atoms with Gasteiger partial charge in [0.15, 0.2) is 0 Å². The van der Waals surface area contributed by atoms with Gasteiger partial charge < -0.3 is 9.47 Å². The predicted octanol–water partition coefficient (Wildman–Crippen LogP) is 0.874. The van der Waals surface area contributed by atoms with E-state index in [9.17, 15) is 0 Å². The molecule has 0 atom stereocenters. The second-order valence-corrected chi connectivity index (χ2v) is 1.31. The van der Waals surface area contributed by atoms with Crippen LogP contribution in [0.2, 0.25) is 0 Å². The van der Waals surface area contributed by atoms with Crippen LogP contribution >= 0.6 is 0 Å². The molecule has 0 unspecified atom stereocenters. The first-order valence-corrected chi connectivity index (χ1v) is 2.86. The van der Waals surface area contributed by atoms with E-state index >= 15 is 0 Å². The van der Waals surface area contributed by atoms with E-state index in [1.807, 2.05) is 6.92 Å². The Morgan fingerprint density at radius 3 is 2.38 bits per heavy atom. The Hall–Kier alpha value is -0.0800. The summed E-state index contributed by atoms with van der Waals surface area (Å²) in [5.41, 5.74) is 0. The summed E-state index contributed by atoms with van der Waals surface area (Å²) in [7, 11) is 0. The highest BCUT2D eigenvalue weighted by atomic mass is 16.5. The van der Waals surface area contributed by atoms with Crippen LogP contribution in [0.4, 0.5) is 0 Å². The molecule has 8 heavy (non-hydrogen) atoms. The molecule has 0 bridgehead atoms. The first-order valence-electron chi connectivity index (χ1n) is 2.86. The van der Waals surface area contributed by atoms with Crippen molar-refractivity contribution in [2.75, 3.05) is 26.4 Å². The third kappa shape index (κ3) is 5.92. The summed E-state index contributed by atoms with van der Waals surface area (Å²) in [5, 5.41) is 0. The third-order valence-electron chi connectivity index (χ3n) is 0.720. The van der Waals surface area contributed by atoms with Crippen LogP contribution in [0.25, 0.3) is 0 Å². The quantitative estimate of drug-likeness (QED) is 0.497. The van der Waals surface area contributed by atoms with E-state index in [-0.39, 0.29) is 0 Å². The SMILES string of the molecule is [CH2]COCCOCC. The molecular weight excluding hydrogens is 104 g/mol. The molecule has 0 saturated heterocycles. The second-order valence-electron chi connectivity index (χ2n) is 1.31. The largest absolute Gasteiger partial charge is 0.379 e. The maximum atomic E-state index is 4.98. The van der Waals surface area contributed by atoms with Gasteiger partial charge in [-0.2, -0.15) is 0 Å². The normalized spacial score (nSPS) is 9.75. The molecule has 0 heterocycles. The van der Waals surface area contributed by atoms with Crippen LogP contribution in [-0.2, 0) is 9.47 Å². The lowest BCUT2D eigenvalue weighted by Gasteiger charge is -1.98. The van der Waals surface area contributed by atoms with Crippen molar-refractivity contribution in [2.45, 2.75) is 6.92 Å². The molecule has 0 N–H and O–H groups in total. The van der Waals surface area contributed by atoms with Crippen molar-refractivity contribution < 1.29 is 9.47 Å². The molecule has 0 saturated carbocycles. The second kappa shape index (κ2) is 6.92. The molecule has 0 aromatic rings. The van der Waals surface area contributed by atoms with Crippen LogP contribution in [0.1, 0.15) is 6.92 Å². The zero-order valence-electron chi connectivity index (χ0n) is 5.35. The van der Waals surface area contributed by atoms with Gasteiger partial charge in [-0.05, 0) is 13.8 Å². The van der Waals surface area contributed by atoms with Crippen molar-refractivity contribution >= 4 is 0 Å². The van der Waals surface area contributed by atoms with Gasteiger partial charge >= 0.3 is 0 Å². The minimum absolute atomic E-state index is 0.535. The minimum Gasteiger partial charge on any atom is -0.379 e. The summed E-state index contributed by atoms with van der Waals surface area (Å²) in [6.45, 7) is 8.12. The zero-order chi connectivity index (χ0) is 6.24. The van der Waals surface area contributed by atoms with Gasteiger partial charge in [0.25, 0.3) is 0 Å². The molecule has 49 valence electrons. The molecule has 0 aliphatic heterocycles. The Labute approximate surface area is 50.8 Å². The Morgan fingerprint density at radius 1 is 1.25 bits per heavy atom. The highest BCUT2D eigenvalue weighted by Crippen LogP contribution is 1.75. The molecule has 0 amide bonds. The monoisotopic (exact) mass is 117 g/mol. The van der Waals surface area contributed by atoms with Crippen LogP contribution in [0.5, 0.6) is 0 Å². The topological polar surface area (TPSA) is 18.5 Å². The first-order chi connectivity index (χ1) is 3.91. The molecule has 0 spiro atoms. The van der Waals surface area contributed by atoms with Crippen molar-refractivity contribution in [2.24, 2.45) is 0 Å². The fraction of sp³-hybridized carbons (Fsp3) is 0.833. The Kier molecular flexibility index (Phi) is 6.85. The number of hydrogen-bond acceptors (Lipinski definition) is 2. The highest BCUT2D eigenvalue weighted by molar-refractivity contribution is 4.31. The molecule has 0 aliphatic rings. The Morgan fingerprint density at radius 2 is 1.88 bits per heavy atom. The minimum atomic E-state index is 0.535. The van der Waals surface area contributed by atoms with Crippen LogP contribution < -0.4 is 0 Å². The van der Waals surface area contributed by atoms with Crippen molar-refractivity contribution in [3.63, 3.8) is 0 Å². The van der Waals surface area contributed by atoms with E-state index < -0.39 is 0 Å². The summed E-state index contributed by atoms with van der Waals surface area (Å²) in [6.07, 6.45) is 0. The summed E-state index contributed by atoms with van der Waals surface area (Å²) >= 11 is 0. The molecular formula is C6H13O2. The predicted molar refractivity (Wildman–Crippen MR) is 32.7 cm³/mol. The van der Waals surface area contributed by atoms with Crippen LogP contribution in [0.3, 0.4) is 0 Å². The maximum Gasteiger partial charge on any atom is 0.0700 e. The highest BCUT2D eigenvalue weighted by Gasteiger charge is 1.81. The van der Waals surface area contributed by atoms with Crippen molar-refractivity contribution in [3.8, 4) is 0 Å². The average molecular weight is 117 g/mol. The van der Waals surface area contributed by atoms with Gasteiger partial charge in [0, 0.05) is 13.2 Å². The smallest absolute Gasteiger partial charge is 0.0700 e. The van der Waals surface area contributed by atoms with E-state index in [4.69, 9.17) is 9.47 Å². The van der Waals surface area contributed by atoms with Crippen molar-refractivity contribution in [1.82, 2.24) is 0 Å². The molecule has 2 heteroatoms. The van der Waals surface area contributed by atoms with Gasteiger partial charge in [0.2, 0.25) is 0 Å².